The van der Waals surface area contributed by atoms with Gasteiger partial charge in [0.2, 0.25) is 0 Å². The van der Waals surface area contributed by atoms with Crippen LogP contribution < -0.4 is 5.46 Å². The second kappa shape index (κ2) is 9.96. The van der Waals surface area contributed by atoms with Gasteiger partial charge in [0.1, 0.15) is 0 Å². The van der Waals surface area contributed by atoms with Gasteiger partial charge in [-0.25, -0.2) is 0 Å². The van der Waals surface area contributed by atoms with Crippen molar-refractivity contribution >= 4 is 119 Å². The molecule has 0 atom stereocenters. The van der Waals surface area contributed by atoms with E-state index in [1.165, 1.54) is 83.7 Å². The minimum absolute atomic E-state index is 0.454. The van der Waals surface area contributed by atoms with Crippen molar-refractivity contribution in [1.29, 1.82) is 0 Å². The van der Waals surface area contributed by atoms with Crippen molar-refractivity contribution in [3.8, 4) is 5.69 Å². The molecule has 0 radical (unpaired) electrons. The molecule has 1 saturated heterocycles. The van der Waals surface area contributed by atoms with Crippen LogP contribution in [-0.2, 0) is 9.31 Å². The molecule has 11 rings (SSSR count). The normalized spacial score (nSPS) is 16.1. The highest BCUT2D eigenvalue weighted by Crippen LogP contribution is 2.49. The van der Waals surface area contributed by atoms with Gasteiger partial charge >= 0.3 is 7.12 Å². The third kappa shape index (κ3) is 3.82. The molecule has 4 heterocycles. The van der Waals surface area contributed by atoms with E-state index >= 15 is 0 Å². The van der Waals surface area contributed by atoms with Gasteiger partial charge in [-0.2, -0.15) is 0 Å². The summed E-state index contributed by atoms with van der Waals surface area (Å²) in [6.45, 7) is 8.55. The van der Waals surface area contributed by atoms with Gasteiger partial charge in [0, 0.05) is 46.7 Å². The molecule has 1 aliphatic heterocycles. The van der Waals surface area contributed by atoms with Gasteiger partial charge < -0.3 is 13.9 Å². The number of aromatic nitrogens is 1. The van der Waals surface area contributed by atoms with Gasteiger partial charge in [-0.05, 0) is 96.5 Å². The first-order valence-corrected chi connectivity index (χ1v) is 18.9. The van der Waals surface area contributed by atoms with E-state index in [0.29, 0.717) is 0 Å². The summed E-state index contributed by atoms with van der Waals surface area (Å²) >= 11 is 3.76. The number of hydrogen-bond donors (Lipinski definition) is 0. The fourth-order valence-corrected chi connectivity index (χ4v) is 10.7. The van der Waals surface area contributed by atoms with Gasteiger partial charge in [-0.15, -0.1) is 22.7 Å². The molecular formula is C44H32BNO2S2. The van der Waals surface area contributed by atoms with Gasteiger partial charge in [0.05, 0.1) is 26.9 Å². The molecular weight excluding hydrogens is 649 g/mol. The fourth-order valence-electron chi connectivity index (χ4n) is 8.29. The number of thiophene rings is 2. The van der Waals surface area contributed by atoms with Crippen molar-refractivity contribution in [2.24, 2.45) is 0 Å². The summed E-state index contributed by atoms with van der Waals surface area (Å²) in [6, 6.07) is 44.9. The van der Waals surface area contributed by atoms with E-state index in [0.717, 1.165) is 11.2 Å². The summed E-state index contributed by atoms with van der Waals surface area (Å²) in [5.74, 6) is 0. The van der Waals surface area contributed by atoms with Crippen LogP contribution in [0.3, 0.4) is 0 Å². The Balaban J connectivity index is 1.32. The molecule has 3 aromatic heterocycles. The van der Waals surface area contributed by atoms with Crippen LogP contribution in [0.4, 0.5) is 0 Å². The third-order valence-corrected chi connectivity index (χ3v) is 13.6. The van der Waals surface area contributed by atoms with E-state index in [1.54, 1.807) is 0 Å². The Hall–Kier alpha value is -4.72. The summed E-state index contributed by atoms with van der Waals surface area (Å²) in [5, 5.41) is 12.8. The van der Waals surface area contributed by atoms with E-state index in [9.17, 15) is 0 Å². The molecule has 50 heavy (non-hydrogen) atoms. The van der Waals surface area contributed by atoms with Crippen LogP contribution in [0, 0.1) is 0 Å². The molecule has 3 nitrogen and oxygen atoms in total. The van der Waals surface area contributed by atoms with Crippen molar-refractivity contribution in [3.05, 3.63) is 121 Å². The molecule has 0 aliphatic carbocycles. The van der Waals surface area contributed by atoms with Crippen LogP contribution >= 0.6 is 22.7 Å². The lowest BCUT2D eigenvalue weighted by Crippen LogP contribution is -2.41. The Labute approximate surface area is 297 Å². The van der Waals surface area contributed by atoms with Crippen molar-refractivity contribution in [2.75, 3.05) is 0 Å². The average Bonchev–Trinajstić information content (AvgIpc) is 3.84. The molecule has 0 amide bonds. The van der Waals surface area contributed by atoms with E-state index in [1.807, 2.05) is 22.7 Å². The lowest BCUT2D eigenvalue weighted by molar-refractivity contribution is 0.00578. The Bertz CT molecular complexity index is 3060. The highest BCUT2D eigenvalue weighted by molar-refractivity contribution is 7.27. The standard InChI is InChI=1S/C44H32BNO2S2/c1-43(2)44(3,4)48-45(47-43)33-23-27(24-37-40(33)31-18-10-12-20-35(31)49-37)46-34-19-11-9-17-30(34)38-28-15-7-8-16-29(28)39-32-21-25-13-5-6-14-26(25)22-36(32)50-42(39)41(38)46/h5-24H,1-4H3. The summed E-state index contributed by atoms with van der Waals surface area (Å²) in [5.41, 5.74) is 3.75. The molecule has 240 valence electrons. The predicted molar refractivity (Wildman–Crippen MR) is 217 cm³/mol. The highest BCUT2D eigenvalue weighted by Gasteiger charge is 2.52. The first-order valence-electron chi connectivity index (χ1n) is 17.3. The third-order valence-electron chi connectivity index (χ3n) is 11.4. The molecule has 6 heteroatoms. The molecule has 0 N–H and O–H groups in total. The van der Waals surface area contributed by atoms with Crippen LogP contribution in [0.25, 0.3) is 89.4 Å². The molecule has 7 aromatic carbocycles. The van der Waals surface area contributed by atoms with Gasteiger partial charge in [0.15, 0.2) is 0 Å². The minimum Gasteiger partial charge on any atom is -0.399 e. The van der Waals surface area contributed by atoms with Gasteiger partial charge in [-0.1, -0.05) is 84.9 Å². The van der Waals surface area contributed by atoms with Crippen LogP contribution in [0.1, 0.15) is 27.7 Å². The number of benzene rings is 7. The fraction of sp³-hybridized carbons (Fsp3) is 0.136. The quantitative estimate of drug-likeness (QED) is 0.170. The van der Waals surface area contributed by atoms with E-state index < -0.39 is 18.3 Å². The zero-order valence-corrected chi connectivity index (χ0v) is 29.8. The number of hydrogen-bond acceptors (Lipinski definition) is 4. The smallest absolute Gasteiger partial charge is 0.399 e. The SMILES string of the molecule is CC1(C)OB(c2cc(-n3c4ccccc4c4c5ccccc5c5c6cc7ccccc7cc6sc5c43)cc3sc4ccccc4c23)OC1(C)C. The zero-order valence-electron chi connectivity index (χ0n) is 28.2. The maximum absolute atomic E-state index is 6.80. The maximum atomic E-state index is 6.80. The molecule has 0 saturated carbocycles. The molecule has 10 aromatic rings. The average molecular weight is 682 g/mol. The summed E-state index contributed by atoms with van der Waals surface area (Å²) in [6.07, 6.45) is 0. The lowest BCUT2D eigenvalue weighted by atomic mass is 9.76. The second-order valence-corrected chi connectivity index (χ2v) is 16.9. The van der Waals surface area contributed by atoms with Crippen molar-refractivity contribution in [2.45, 2.75) is 38.9 Å². The first-order chi connectivity index (χ1) is 24.3. The number of fused-ring (bicyclic) bond motifs is 14. The Morgan fingerprint density at radius 3 is 1.90 bits per heavy atom. The number of para-hydroxylation sites is 1. The van der Waals surface area contributed by atoms with Crippen molar-refractivity contribution in [3.63, 3.8) is 0 Å². The van der Waals surface area contributed by atoms with Crippen LogP contribution in [-0.4, -0.2) is 22.9 Å². The minimum atomic E-state index is -0.494. The molecule has 0 bridgehead atoms. The molecule has 1 aliphatic rings. The van der Waals surface area contributed by atoms with Crippen LogP contribution in [0.15, 0.2) is 121 Å². The molecule has 0 unspecified atom stereocenters. The molecule has 1 fully saturated rings. The van der Waals surface area contributed by atoms with Crippen LogP contribution in [0.2, 0.25) is 0 Å². The summed E-state index contributed by atoms with van der Waals surface area (Å²) in [4.78, 5) is 0. The first kappa shape index (κ1) is 29.1. The largest absolute Gasteiger partial charge is 0.495 e. The lowest BCUT2D eigenvalue weighted by Gasteiger charge is -2.32. The maximum Gasteiger partial charge on any atom is 0.495 e. The van der Waals surface area contributed by atoms with E-state index in [2.05, 4.69) is 154 Å². The van der Waals surface area contributed by atoms with Gasteiger partial charge in [0.25, 0.3) is 0 Å². The number of rotatable bonds is 2. The highest BCUT2D eigenvalue weighted by atomic mass is 32.1. The topological polar surface area (TPSA) is 23.4 Å². The monoisotopic (exact) mass is 681 g/mol. The Kier molecular flexibility index (Phi) is 5.79. The second-order valence-electron chi connectivity index (χ2n) is 14.7. The Morgan fingerprint density at radius 1 is 0.520 bits per heavy atom. The van der Waals surface area contributed by atoms with E-state index in [4.69, 9.17) is 9.31 Å². The predicted octanol–water partition coefficient (Wildman–Crippen LogP) is 12.1. The number of nitrogens with zero attached hydrogens (tertiary/aromatic N) is 1. The summed E-state index contributed by atoms with van der Waals surface area (Å²) < 4.78 is 21.3. The zero-order chi connectivity index (χ0) is 33.5. The van der Waals surface area contributed by atoms with Crippen molar-refractivity contribution < 1.29 is 9.31 Å². The van der Waals surface area contributed by atoms with Crippen molar-refractivity contribution in [1.82, 2.24) is 4.57 Å². The Morgan fingerprint density at radius 2 is 1.14 bits per heavy atom. The molecule has 0 spiro atoms. The summed E-state index contributed by atoms with van der Waals surface area (Å²) in [7, 11) is -0.494. The van der Waals surface area contributed by atoms with Gasteiger partial charge in [-0.3, -0.25) is 0 Å². The van der Waals surface area contributed by atoms with E-state index in [-0.39, 0.29) is 0 Å². The van der Waals surface area contributed by atoms with Crippen LogP contribution in [0.5, 0.6) is 0 Å².